The van der Waals surface area contributed by atoms with Gasteiger partial charge in [-0.15, -0.1) is 0 Å². The van der Waals surface area contributed by atoms with Crippen molar-refractivity contribution in [3.05, 3.63) is 52.8 Å². The van der Waals surface area contributed by atoms with E-state index in [0.29, 0.717) is 13.2 Å². The number of aliphatic hydroxyl groups excluding tert-OH is 1. The first-order chi connectivity index (χ1) is 9.31. The molecule has 1 aromatic heterocycles. The van der Waals surface area contributed by atoms with Gasteiger partial charge in [-0.25, -0.2) is 4.68 Å². The molecule has 0 unspecified atom stereocenters. The van der Waals surface area contributed by atoms with Gasteiger partial charge in [-0.05, 0) is 6.07 Å². The Labute approximate surface area is 111 Å². The van der Waals surface area contributed by atoms with E-state index in [1.165, 1.54) is 10.7 Å². The second-order valence-corrected chi connectivity index (χ2v) is 3.98. The van der Waals surface area contributed by atoms with Crippen LogP contribution in [-0.2, 0) is 11.3 Å². The summed E-state index contributed by atoms with van der Waals surface area (Å²) in [5, 5.41) is 12.9. The SMILES string of the molecule is O=c1ccc(-c2ccccc2)nn1CCOCCO. The van der Waals surface area contributed by atoms with E-state index in [9.17, 15) is 4.79 Å². The highest BCUT2D eigenvalue weighted by atomic mass is 16.5. The van der Waals surface area contributed by atoms with Crippen LogP contribution in [-0.4, -0.2) is 34.7 Å². The predicted molar refractivity (Wildman–Crippen MR) is 71.8 cm³/mol. The molecule has 0 bridgehead atoms. The molecule has 0 saturated heterocycles. The first-order valence-corrected chi connectivity index (χ1v) is 6.13. The van der Waals surface area contributed by atoms with Gasteiger partial charge in [-0.3, -0.25) is 4.79 Å². The van der Waals surface area contributed by atoms with Crippen molar-refractivity contribution < 1.29 is 9.84 Å². The van der Waals surface area contributed by atoms with Crippen LogP contribution in [0.5, 0.6) is 0 Å². The van der Waals surface area contributed by atoms with Crippen molar-refractivity contribution in [2.24, 2.45) is 0 Å². The maximum absolute atomic E-state index is 11.7. The normalized spacial score (nSPS) is 10.6. The molecule has 0 radical (unpaired) electrons. The fourth-order valence-corrected chi connectivity index (χ4v) is 1.69. The number of aromatic nitrogens is 2. The van der Waals surface area contributed by atoms with E-state index in [1.54, 1.807) is 6.07 Å². The largest absolute Gasteiger partial charge is 0.394 e. The van der Waals surface area contributed by atoms with E-state index >= 15 is 0 Å². The first-order valence-electron chi connectivity index (χ1n) is 6.13. The van der Waals surface area contributed by atoms with Gasteiger partial charge in [0.05, 0.1) is 32.1 Å². The molecule has 1 N–H and O–H groups in total. The quantitative estimate of drug-likeness (QED) is 0.784. The summed E-state index contributed by atoms with van der Waals surface area (Å²) in [6, 6.07) is 12.9. The third kappa shape index (κ3) is 3.74. The Balaban J connectivity index is 2.13. The Morgan fingerprint density at radius 2 is 1.89 bits per heavy atom. The maximum atomic E-state index is 11.7. The minimum absolute atomic E-state index is 0.0214. The van der Waals surface area contributed by atoms with Crippen LogP contribution < -0.4 is 5.56 Å². The fourth-order valence-electron chi connectivity index (χ4n) is 1.69. The lowest BCUT2D eigenvalue weighted by atomic mass is 10.1. The van der Waals surface area contributed by atoms with Crippen molar-refractivity contribution in [3.8, 4) is 11.3 Å². The fraction of sp³-hybridized carbons (Fsp3) is 0.286. The van der Waals surface area contributed by atoms with Gasteiger partial charge in [0.2, 0.25) is 0 Å². The summed E-state index contributed by atoms with van der Waals surface area (Å²) < 4.78 is 6.51. The molecule has 0 spiro atoms. The zero-order chi connectivity index (χ0) is 13.5. The van der Waals surface area contributed by atoms with Crippen molar-refractivity contribution in [2.45, 2.75) is 6.54 Å². The summed E-state index contributed by atoms with van der Waals surface area (Å²) in [6.45, 7) is 0.977. The topological polar surface area (TPSA) is 64.4 Å². The molecule has 100 valence electrons. The highest BCUT2D eigenvalue weighted by molar-refractivity contribution is 5.57. The summed E-state index contributed by atoms with van der Waals surface area (Å²) in [5.41, 5.74) is 1.56. The average Bonchev–Trinajstić information content (AvgIpc) is 2.46. The van der Waals surface area contributed by atoms with Gasteiger partial charge in [-0.1, -0.05) is 30.3 Å². The smallest absolute Gasteiger partial charge is 0.266 e. The van der Waals surface area contributed by atoms with Crippen LogP contribution in [0.2, 0.25) is 0 Å². The summed E-state index contributed by atoms with van der Waals surface area (Å²) in [5.74, 6) is 0. The molecule has 1 heterocycles. The average molecular weight is 260 g/mol. The van der Waals surface area contributed by atoms with E-state index in [1.807, 2.05) is 30.3 Å². The van der Waals surface area contributed by atoms with Crippen LogP contribution in [0.15, 0.2) is 47.3 Å². The van der Waals surface area contributed by atoms with Crippen molar-refractivity contribution in [2.75, 3.05) is 19.8 Å². The van der Waals surface area contributed by atoms with E-state index in [4.69, 9.17) is 9.84 Å². The van der Waals surface area contributed by atoms with Crippen molar-refractivity contribution in [1.82, 2.24) is 9.78 Å². The Morgan fingerprint density at radius 1 is 1.11 bits per heavy atom. The Hall–Kier alpha value is -1.98. The maximum Gasteiger partial charge on any atom is 0.266 e. The van der Waals surface area contributed by atoms with Crippen LogP contribution in [0.3, 0.4) is 0 Å². The molecule has 19 heavy (non-hydrogen) atoms. The number of ether oxygens (including phenoxy) is 1. The van der Waals surface area contributed by atoms with Crippen molar-refractivity contribution in [1.29, 1.82) is 0 Å². The van der Waals surface area contributed by atoms with Crippen LogP contribution in [0.25, 0.3) is 11.3 Å². The zero-order valence-electron chi connectivity index (χ0n) is 10.5. The van der Waals surface area contributed by atoms with E-state index < -0.39 is 0 Å². The van der Waals surface area contributed by atoms with Gasteiger partial charge in [-0.2, -0.15) is 5.10 Å². The molecule has 2 aromatic rings. The molecule has 5 heteroatoms. The Bertz CT molecular complexity index is 566. The molecule has 1 aromatic carbocycles. The van der Waals surface area contributed by atoms with Crippen LogP contribution in [0.4, 0.5) is 0 Å². The molecular formula is C14H16N2O3. The molecule has 0 aliphatic carbocycles. The van der Waals surface area contributed by atoms with Crippen molar-refractivity contribution >= 4 is 0 Å². The second kappa shape index (κ2) is 6.82. The van der Waals surface area contributed by atoms with Crippen LogP contribution in [0.1, 0.15) is 0 Å². The summed E-state index contributed by atoms with van der Waals surface area (Å²) in [4.78, 5) is 11.7. The molecule has 2 rings (SSSR count). The lowest BCUT2D eigenvalue weighted by molar-refractivity contribution is 0.0847. The number of benzene rings is 1. The lowest BCUT2D eigenvalue weighted by Gasteiger charge is -2.07. The van der Waals surface area contributed by atoms with Crippen LogP contribution in [0, 0.1) is 0 Å². The molecular weight excluding hydrogens is 244 g/mol. The van der Waals surface area contributed by atoms with Gasteiger partial charge < -0.3 is 9.84 Å². The molecule has 0 amide bonds. The number of hydrogen-bond acceptors (Lipinski definition) is 4. The summed E-state index contributed by atoms with van der Waals surface area (Å²) >= 11 is 0. The third-order valence-electron chi connectivity index (χ3n) is 2.62. The summed E-state index contributed by atoms with van der Waals surface area (Å²) in [7, 11) is 0. The molecule has 0 saturated carbocycles. The van der Waals surface area contributed by atoms with E-state index in [0.717, 1.165) is 11.3 Å². The van der Waals surface area contributed by atoms with Gasteiger partial charge in [0, 0.05) is 11.6 Å². The minimum atomic E-state index is -0.160. The third-order valence-corrected chi connectivity index (χ3v) is 2.62. The molecule has 0 aliphatic rings. The highest BCUT2D eigenvalue weighted by Crippen LogP contribution is 2.13. The van der Waals surface area contributed by atoms with Crippen molar-refractivity contribution in [3.63, 3.8) is 0 Å². The number of aliphatic hydroxyl groups is 1. The first kappa shape index (κ1) is 13.5. The van der Waals surface area contributed by atoms with Gasteiger partial charge in [0.1, 0.15) is 0 Å². The molecule has 0 fully saturated rings. The number of rotatable bonds is 6. The Kier molecular flexibility index (Phi) is 4.83. The lowest BCUT2D eigenvalue weighted by Crippen LogP contribution is -2.24. The van der Waals surface area contributed by atoms with E-state index in [-0.39, 0.29) is 18.8 Å². The Morgan fingerprint density at radius 3 is 2.63 bits per heavy atom. The molecule has 5 nitrogen and oxygen atoms in total. The molecule has 0 atom stereocenters. The number of hydrogen-bond donors (Lipinski definition) is 1. The second-order valence-electron chi connectivity index (χ2n) is 3.98. The standard InChI is InChI=1S/C14H16N2O3/c17-9-11-19-10-8-16-14(18)7-6-13(15-16)12-4-2-1-3-5-12/h1-7,17H,8-11H2. The van der Waals surface area contributed by atoms with Gasteiger partial charge in [0.15, 0.2) is 0 Å². The zero-order valence-corrected chi connectivity index (χ0v) is 10.5. The minimum Gasteiger partial charge on any atom is -0.394 e. The van der Waals surface area contributed by atoms with Crippen LogP contribution >= 0.6 is 0 Å². The molecule has 0 aliphatic heterocycles. The van der Waals surface area contributed by atoms with Gasteiger partial charge >= 0.3 is 0 Å². The summed E-state index contributed by atoms with van der Waals surface area (Å²) in [6.07, 6.45) is 0. The predicted octanol–water partition coefficient (Wildman–Crippen LogP) is 0.919. The van der Waals surface area contributed by atoms with E-state index in [2.05, 4.69) is 5.10 Å². The number of nitrogens with zero attached hydrogens (tertiary/aromatic N) is 2. The highest BCUT2D eigenvalue weighted by Gasteiger charge is 2.02. The van der Waals surface area contributed by atoms with Gasteiger partial charge in [0.25, 0.3) is 5.56 Å². The monoisotopic (exact) mass is 260 g/mol.